The number of nitrogens with zero attached hydrogens (tertiary/aromatic N) is 3. The van der Waals surface area contributed by atoms with Crippen LogP contribution in [0.2, 0.25) is 0 Å². The van der Waals surface area contributed by atoms with Crippen molar-refractivity contribution in [1.82, 2.24) is 15.0 Å². The van der Waals surface area contributed by atoms with Gasteiger partial charge in [0.05, 0.1) is 0 Å². The molecule has 0 spiro atoms. The Morgan fingerprint density at radius 1 is 0.367 bits per heavy atom. The van der Waals surface area contributed by atoms with E-state index in [0.29, 0.717) is 17.5 Å². The van der Waals surface area contributed by atoms with Crippen molar-refractivity contribution in [3.8, 4) is 45.3 Å². The molecule has 4 heteroatoms. The van der Waals surface area contributed by atoms with Gasteiger partial charge in [-0.05, 0) is 56.1 Å². The summed E-state index contributed by atoms with van der Waals surface area (Å²) in [6, 6.07) is 56.8. The number of hydrogen-bond acceptors (Lipinski definition) is 4. The minimum Gasteiger partial charge on any atom is -0.455 e. The van der Waals surface area contributed by atoms with Gasteiger partial charge in [0.15, 0.2) is 17.5 Å². The Kier molecular flexibility index (Phi) is 6.15. The van der Waals surface area contributed by atoms with Gasteiger partial charge in [0, 0.05) is 33.0 Å². The van der Waals surface area contributed by atoms with E-state index in [0.717, 1.165) is 60.5 Å². The number of aromatic nitrogens is 3. The molecule has 0 unspecified atom stereocenters. The van der Waals surface area contributed by atoms with Crippen LogP contribution in [0.25, 0.3) is 99.5 Å². The van der Waals surface area contributed by atoms with Gasteiger partial charge in [0.25, 0.3) is 0 Å². The third-order valence-electron chi connectivity index (χ3n) is 9.49. The molecule has 0 radical (unpaired) electrons. The first-order chi connectivity index (χ1) is 24.3. The lowest BCUT2D eigenvalue weighted by atomic mass is 9.89. The van der Waals surface area contributed by atoms with Gasteiger partial charge in [-0.25, -0.2) is 15.0 Å². The maximum atomic E-state index is 6.93. The zero-order valence-electron chi connectivity index (χ0n) is 26.3. The molecule has 0 amide bonds. The van der Waals surface area contributed by atoms with Crippen LogP contribution in [0, 0.1) is 0 Å². The fourth-order valence-corrected chi connectivity index (χ4v) is 7.27. The Bertz CT molecular complexity index is 2820. The summed E-state index contributed by atoms with van der Waals surface area (Å²) in [7, 11) is 0. The molecule has 0 saturated heterocycles. The molecule has 0 fully saturated rings. The first kappa shape index (κ1) is 27.5. The molecule has 0 aliphatic heterocycles. The summed E-state index contributed by atoms with van der Waals surface area (Å²) in [6.45, 7) is 0. The third-order valence-corrected chi connectivity index (χ3v) is 9.49. The average molecular weight is 626 g/mol. The van der Waals surface area contributed by atoms with Crippen LogP contribution in [0.5, 0.6) is 0 Å². The molecule has 8 aromatic carbocycles. The third kappa shape index (κ3) is 4.42. The van der Waals surface area contributed by atoms with E-state index < -0.39 is 0 Å². The molecule has 0 saturated carbocycles. The molecule has 10 rings (SSSR count). The minimum atomic E-state index is 0.604. The molecule has 4 nitrogen and oxygen atoms in total. The highest BCUT2D eigenvalue weighted by Gasteiger charge is 2.22. The van der Waals surface area contributed by atoms with Gasteiger partial charge in [0.1, 0.15) is 11.2 Å². The summed E-state index contributed by atoms with van der Waals surface area (Å²) < 4.78 is 6.93. The molecular weight excluding hydrogens is 599 g/mol. The lowest BCUT2D eigenvalue weighted by Gasteiger charge is -2.14. The highest BCUT2D eigenvalue weighted by molar-refractivity contribution is 6.25. The second kappa shape index (κ2) is 11.0. The molecule has 0 atom stereocenters. The van der Waals surface area contributed by atoms with Gasteiger partial charge in [0.2, 0.25) is 0 Å². The van der Waals surface area contributed by atoms with Crippen LogP contribution >= 0.6 is 0 Å². The Balaban J connectivity index is 1.31. The SMILES string of the molecule is c1ccc(-c2nc(-c3ccccc3)nc(-c3cccc4oc5c(-c6cc7ccccc7c7ccccc67)c6ccccc6cc5c34)n2)cc1. The molecule has 10 aromatic rings. The molecular formula is C45H27N3O. The Labute approximate surface area is 282 Å². The standard InChI is InChI=1S/C45H27N3O/c1-3-14-28(15-4-1)43-46-44(29-16-5-2-6-17-29)48-45(47-43)36-24-13-25-39-40(36)38-27-31-19-8-10-21-33(31)41(42(38)49-39)37-26-30-18-7-9-20-32(30)34-22-11-12-23-35(34)37/h1-27H. The van der Waals surface area contributed by atoms with E-state index >= 15 is 0 Å². The van der Waals surface area contributed by atoms with Crippen molar-refractivity contribution in [1.29, 1.82) is 0 Å². The second-order valence-electron chi connectivity index (χ2n) is 12.4. The second-order valence-corrected chi connectivity index (χ2v) is 12.4. The van der Waals surface area contributed by atoms with E-state index in [9.17, 15) is 0 Å². The normalized spacial score (nSPS) is 11.7. The Morgan fingerprint density at radius 3 is 1.61 bits per heavy atom. The van der Waals surface area contributed by atoms with Crippen LogP contribution in [0.4, 0.5) is 0 Å². The van der Waals surface area contributed by atoms with Crippen molar-refractivity contribution in [3.63, 3.8) is 0 Å². The smallest absolute Gasteiger partial charge is 0.164 e. The summed E-state index contributed by atoms with van der Waals surface area (Å²) in [5.74, 6) is 1.86. The van der Waals surface area contributed by atoms with E-state index in [1.54, 1.807) is 0 Å². The summed E-state index contributed by atoms with van der Waals surface area (Å²) in [5.41, 5.74) is 6.64. The number of benzene rings is 8. The van der Waals surface area contributed by atoms with Crippen LogP contribution in [-0.2, 0) is 0 Å². The van der Waals surface area contributed by atoms with E-state index in [-0.39, 0.29) is 0 Å². The molecule has 2 aromatic heterocycles. The van der Waals surface area contributed by atoms with Crippen molar-refractivity contribution in [2.45, 2.75) is 0 Å². The molecule has 0 bridgehead atoms. The van der Waals surface area contributed by atoms with E-state index in [4.69, 9.17) is 19.4 Å². The largest absolute Gasteiger partial charge is 0.455 e. The van der Waals surface area contributed by atoms with Gasteiger partial charge < -0.3 is 4.42 Å². The van der Waals surface area contributed by atoms with Crippen LogP contribution in [-0.4, -0.2) is 15.0 Å². The van der Waals surface area contributed by atoms with Crippen molar-refractivity contribution in [2.24, 2.45) is 0 Å². The number of fused-ring (bicyclic) bond motifs is 7. The summed E-state index contributed by atoms with van der Waals surface area (Å²) in [5, 5.41) is 9.15. The topological polar surface area (TPSA) is 51.8 Å². The zero-order chi connectivity index (χ0) is 32.3. The van der Waals surface area contributed by atoms with Crippen LogP contribution in [0.3, 0.4) is 0 Å². The Hall–Kier alpha value is -6.65. The predicted octanol–water partition coefficient (Wildman–Crippen LogP) is 11.9. The van der Waals surface area contributed by atoms with Crippen molar-refractivity contribution >= 4 is 54.3 Å². The van der Waals surface area contributed by atoms with Crippen LogP contribution in [0.1, 0.15) is 0 Å². The first-order valence-corrected chi connectivity index (χ1v) is 16.5. The number of furan rings is 1. The molecule has 228 valence electrons. The van der Waals surface area contributed by atoms with Crippen LogP contribution < -0.4 is 0 Å². The lowest BCUT2D eigenvalue weighted by molar-refractivity contribution is 0.670. The molecule has 0 aliphatic carbocycles. The van der Waals surface area contributed by atoms with Crippen LogP contribution in [0.15, 0.2) is 168 Å². The fourth-order valence-electron chi connectivity index (χ4n) is 7.27. The number of hydrogen-bond donors (Lipinski definition) is 0. The highest BCUT2D eigenvalue weighted by atomic mass is 16.3. The van der Waals surface area contributed by atoms with Crippen molar-refractivity contribution < 1.29 is 4.42 Å². The maximum absolute atomic E-state index is 6.93. The van der Waals surface area contributed by atoms with Crippen molar-refractivity contribution in [3.05, 3.63) is 164 Å². The molecule has 0 aliphatic rings. The predicted molar refractivity (Wildman–Crippen MR) is 201 cm³/mol. The van der Waals surface area contributed by atoms with Gasteiger partial charge in [-0.3, -0.25) is 0 Å². The van der Waals surface area contributed by atoms with E-state index in [1.165, 1.54) is 21.5 Å². The molecule has 2 heterocycles. The average Bonchev–Trinajstić information content (AvgIpc) is 3.55. The fraction of sp³-hybridized carbons (Fsp3) is 0. The minimum absolute atomic E-state index is 0.604. The van der Waals surface area contributed by atoms with Gasteiger partial charge in [-0.15, -0.1) is 0 Å². The molecule has 49 heavy (non-hydrogen) atoms. The lowest BCUT2D eigenvalue weighted by Crippen LogP contribution is -2.00. The zero-order valence-corrected chi connectivity index (χ0v) is 26.3. The quantitative estimate of drug-likeness (QED) is 0.183. The van der Waals surface area contributed by atoms with Gasteiger partial charge in [-0.1, -0.05) is 146 Å². The summed E-state index contributed by atoms with van der Waals surface area (Å²) >= 11 is 0. The molecule has 0 N–H and O–H groups in total. The highest BCUT2D eigenvalue weighted by Crippen LogP contribution is 2.46. The van der Waals surface area contributed by atoms with Crippen molar-refractivity contribution in [2.75, 3.05) is 0 Å². The Morgan fingerprint density at radius 2 is 0.918 bits per heavy atom. The summed E-state index contributed by atoms with van der Waals surface area (Å²) in [4.78, 5) is 15.1. The maximum Gasteiger partial charge on any atom is 0.164 e. The van der Waals surface area contributed by atoms with Gasteiger partial charge in [-0.2, -0.15) is 0 Å². The first-order valence-electron chi connectivity index (χ1n) is 16.5. The van der Waals surface area contributed by atoms with E-state index in [1.807, 2.05) is 72.8 Å². The number of rotatable bonds is 4. The van der Waals surface area contributed by atoms with E-state index in [2.05, 4.69) is 91.0 Å². The monoisotopic (exact) mass is 625 g/mol. The summed E-state index contributed by atoms with van der Waals surface area (Å²) in [6.07, 6.45) is 0. The van der Waals surface area contributed by atoms with Gasteiger partial charge >= 0.3 is 0 Å².